The predicted octanol–water partition coefficient (Wildman–Crippen LogP) is 7.90. The Morgan fingerprint density at radius 1 is 0.447 bits per heavy atom. The largest absolute Gasteiger partial charge is 0.456 e. The smallest absolute Gasteiger partial charge is 0.137 e. The van der Waals surface area contributed by atoms with E-state index in [4.69, 9.17) is 14.2 Å². The third-order valence-electron chi connectivity index (χ3n) is 8.70. The molecule has 0 fully saturated rings. The molecule has 0 unspecified atom stereocenters. The molecule has 6 nitrogen and oxygen atoms in total. The van der Waals surface area contributed by atoms with Gasteiger partial charge in [-0.05, 0) is 48.5 Å². The second-order valence-electron chi connectivity index (χ2n) is 10.4. The summed E-state index contributed by atoms with van der Waals surface area (Å²) < 4.78 is 20.2. The Kier molecular flexibility index (Phi) is 5.89. The van der Waals surface area contributed by atoms with Crippen molar-refractivity contribution in [3.05, 3.63) is 53.1 Å². The minimum atomic E-state index is -0.444. The quantitative estimate of drug-likeness (QED) is 0.226. The first-order valence-electron chi connectivity index (χ1n) is 14.2. The maximum Gasteiger partial charge on any atom is 0.137 e. The van der Waals surface area contributed by atoms with Gasteiger partial charge in [-0.3, -0.25) is 0 Å². The van der Waals surface area contributed by atoms with Crippen molar-refractivity contribution in [2.24, 2.45) is 0 Å². The standard InChI is InChI=1S/C32H39N3O3/c1-8-33(9-2)20-14-23-29-24(15-20)37-26-17-22(35(12-5)13-6)19-28-31(26)32(29,7)30-25(36-23)16-21(18-27(30)38-28)34(10-3)11-4/h14-19H,8-13H2,1-7H3. The molecule has 3 heterocycles. The fraction of sp³-hybridized carbons (Fsp3) is 0.438. The third kappa shape index (κ3) is 3.31. The number of benzene rings is 3. The Balaban J connectivity index is 1.66. The summed E-state index contributed by atoms with van der Waals surface area (Å²) >= 11 is 0. The molecule has 0 radical (unpaired) electrons. The molecule has 6 heteroatoms. The maximum absolute atomic E-state index is 6.75. The number of ether oxygens (including phenoxy) is 3. The summed E-state index contributed by atoms with van der Waals surface area (Å²) in [7, 11) is 0. The molecule has 0 atom stereocenters. The molecule has 3 aromatic rings. The molecule has 0 spiro atoms. The molecule has 0 saturated carbocycles. The number of hydrogen-bond donors (Lipinski definition) is 0. The van der Waals surface area contributed by atoms with Crippen LogP contribution in [-0.2, 0) is 5.41 Å². The average molecular weight is 514 g/mol. The van der Waals surface area contributed by atoms with Crippen LogP contribution < -0.4 is 28.9 Å². The third-order valence-corrected chi connectivity index (χ3v) is 8.70. The van der Waals surface area contributed by atoms with Crippen molar-refractivity contribution in [3.63, 3.8) is 0 Å². The molecule has 200 valence electrons. The van der Waals surface area contributed by atoms with Gasteiger partial charge < -0.3 is 28.9 Å². The zero-order chi connectivity index (χ0) is 26.8. The first-order chi connectivity index (χ1) is 18.4. The summed E-state index contributed by atoms with van der Waals surface area (Å²) in [4.78, 5) is 7.03. The first-order valence-corrected chi connectivity index (χ1v) is 14.2. The zero-order valence-corrected chi connectivity index (χ0v) is 23.8. The lowest BCUT2D eigenvalue weighted by atomic mass is 9.65. The zero-order valence-electron chi connectivity index (χ0n) is 23.8. The molecule has 0 aromatic heterocycles. The van der Waals surface area contributed by atoms with Crippen molar-refractivity contribution >= 4 is 17.1 Å². The number of rotatable bonds is 9. The van der Waals surface area contributed by atoms with Gasteiger partial charge in [0.05, 0.1) is 22.1 Å². The van der Waals surface area contributed by atoms with Gasteiger partial charge in [0.25, 0.3) is 0 Å². The van der Waals surface area contributed by atoms with Crippen molar-refractivity contribution in [1.82, 2.24) is 0 Å². The average Bonchev–Trinajstić information content (AvgIpc) is 2.90. The van der Waals surface area contributed by atoms with E-state index in [1.807, 2.05) is 0 Å². The Labute approximate surface area is 226 Å². The highest BCUT2D eigenvalue weighted by molar-refractivity contribution is 5.82. The van der Waals surface area contributed by atoms with E-state index in [0.29, 0.717) is 0 Å². The first kappa shape index (κ1) is 24.8. The van der Waals surface area contributed by atoms with E-state index in [9.17, 15) is 0 Å². The van der Waals surface area contributed by atoms with Crippen molar-refractivity contribution in [2.75, 3.05) is 54.0 Å². The van der Waals surface area contributed by atoms with Crippen molar-refractivity contribution in [1.29, 1.82) is 0 Å². The van der Waals surface area contributed by atoms with Gasteiger partial charge in [-0.1, -0.05) is 0 Å². The van der Waals surface area contributed by atoms with Gasteiger partial charge in [0.1, 0.15) is 34.5 Å². The molecule has 38 heavy (non-hydrogen) atoms. The highest BCUT2D eigenvalue weighted by Gasteiger charge is 2.53. The molecule has 0 N–H and O–H groups in total. The van der Waals surface area contributed by atoms with Crippen LogP contribution in [0.3, 0.4) is 0 Å². The van der Waals surface area contributed by atoms with Gasteiger partial charge in [-0.25, -0.2) is 0 Å². The Hall–Kier alpha value is -3.54. The van der Waals surface area contributed by atoms with Crippen molar-refractivity contribution in [3.8, 4) is 34.5 Å². The lowest BCUT2D eigenvalue weighted by Crippen LogP contribution is -2.36. The highest BCUT2D eigenvalue weighted by atomic mass is 16.5. The topological polar surface area (TPSA) is 37.4 Å². The Morgan fingerprint density at radius 2 is 0.658 bits per heavy atom. The van der Waals surface area contributed by atoms with Crippen LogP contribution in [0.25, 0.3) is 0 Å². The molecule has 3 aromatic carbocycles. The van der Waals surface area contributed by atoms with Crippen LogP contribution in [0.5, 0.6) is 34.5 Å². The van der Waals surface area contributed by atoms with Gasteiger partial charge in [-0.15, -0.1) is 0 Å². The minimum absolute atomic E-state index is 0.444. The molecule has 0 bridgehead atoms. The van der Waals surface area contributed by atoms with Gasteiger partial charge in [0.2, 0.25) is 0 Å². The van der Waals surface area contributed by atoms with E-state index in [-0.39, 0.29) is 0 Å². The fourth-order valence-electron chi connectivity index (χ4n) is 6.73. The highest BCUT2D eigenvalue weighted by Crippen LogP contribution is 2.67. The molecular formula is C32H39N3O3. The Bertz CT molecular complexity index is 1170. The lowest BCUT2D eigenvalue weighted by molar-refractivity contribution is 0.337. The van der Waals surface area contributed by atoms with Crippen LogP contribution in [0.4, 0.5) is 17.1 Å². The van der Waals surface area contributed by atoms with Gasteiger partial charge in [-0.2, -0.15) is 0 Å². The maximum atomic E-state index is 6.75. The van der Waals surface area contributed by atoms with E-state index in [1.54, 1.807) is 0 Å². The Morgan fingerprint density at radius 3 is 0.842 bits per heavy atom. The summed E-state index contributed by atoms with van der Waals surface area (Å²) in [5.41, 5.74) is 6.17. The fourth-order valence-corrected chi connectivity index (χ4v) is 6.73. The van der Waals surface area contributed by atoms with Crippen LogP contribution in [0.2, 0.25) is 0 Å². The van der Waals surface area contributed by atoms with E-state index in [0.717, 1.165) is 108 Å². The van der Waals surface area contributed by atoms with Crippen LogP contribution in [0.15, 0.2) is 36.4 Å². The molecule has 6 rings (SSSR count). The summed E-state index contributed by atoms with van der Waals surface area (Å²) in [5.74, 6) is 5.21. The number of anilines is 3. The minimum Gasteiger partial charge on any atom is -0.456 e. The number of nitrogens with zero attached hydrogens (tertiary/aromatic N) is 3. The van der Waals surface area contributed by atoms with Crippen LogP contribution in [0.1, 0.15) is 65.2 Å². The van der Waals surface area contributed by atoms with E-state index >= 15 is 0 Å². The summed E-state index contributed by atoms with van der Waals surface area (Å²) in [5, 5.41) is 0. The predicted molar refractivity (Wildman–Crippen MR) is 156 cm³/mol. The molecule has 3 aliphatic heterocycles. The monoisotopic (exact) mass is 513 g/mol. The molecule has 0 aliphatic carbocycles. The SMILES string of the molecule is CCN(CC)c1cc2c3c(c1)Oc1cc(N(CC)CC)cc4c1C3(C)c1c(cc(N(CC)CC)cc1O4)O2. The normalized spacial score (nSPS) is 14.6. The van der Waals surface area contributed by atoms with Gasteiger partial charge in [0, 0.05) is 92.7 Å². The van der Waals surface area contributed by atoms with Gasteiger partial charge in [0.15, 0.2) is 0 Å². The van der Waals surface area contributed by atoms with Crippen LogP contribution >= 0.6 is 0 Å². The molecular weight excluding hydrogens is 474 g/mol. The molecule has 0 saturated heterocycles. The summed E-state index contributed by atoms with van der Waals surface area (Å²) in [6, 6.07) is 13.2. The van der Waals surface area contributed by atoms with E-state index in [1.165, 1.54) is 0 Å². The second kappa shape index (κ2) is 9.04. The summed E-state index contributed by atoms with van der Waals surface area (Å²) in [6.45, 7) is 20.9. The lowest BCUT2D eigenvalue weighted by Gasteiger charge is -2.47. The molecule has 0 amide bonds. The van der Waals surface area contributed by atoms with Crippen LogP contribution in [0, 0.1) is 0 Å². The number of hydrogen-bond acceptors (Lipinski definition) is 6. The van der Waals surface area contributed by atoms with Gasteiger partial charge >= 0.3 is 0 Å². The summed E-state index contributed by atoms with van der Waals surface area (Å²) in [6.07, 6.45) is 0. The second-order valence-corrected chi connectivity index (χ2v) is 10.4. The molecule has 3 aliphatic rings. The van der Waals surface area contributed by atoms with Crippen molar-refractivity contribution in [2.45, 2.75) is 53.9 Å². The van der Waals surface area contributed by atoms with E-state index in [2.05, 4.69) is 99.6 Å². The van der Waals surface area contributed by atoms with E-state index < -0.39 is 5.41 Å². The van der Waals surface area contributed by atoms with Crippen molar-refractivity contribution < 1.29 is 14.2 Å². The van der Waals surface area contributed by atoms with Crippen LogP contribution in [-0.4, -0.2) is 39.3 Å².